The molecular formula is C16H20Cl2O. The predicted molar refractivity (Wildman–Crippen MR) is 81.8 cm³/mol. The van der Waals surface area contributed by atoms with Crippen LogP contribution in [0.25, 0.3) is 0 Å². The molecule has 1 aromatic carbocycles. The number of halogens is 2. The molecule has 0 fully saturated rings. The number of hydrogen-bond donors (Lipinski definition) is 1. The number of allylic oxidation sites excluding steroid dienone is 2. The summed E-state index contributed by atoms with van der Waals surface area (Å²) < 4.78 is 0. The lowest BCUT2D eigenvalue weighted by Crippen LogP contribution is -2.27. The molecule has 0 bridgehead atoms. The second-order valence-electron chi connectivity index (χ2n) is 5.71. The van der Waals surface area contributed by atoms with Gasteiger partial charge in [-0.2, -0.15) is 0 Å². The Hall–Kier alpha value is -0.500. The first-order valence-electron chi connectivity index (χ1n) is 6.75. The second kappa shape index (κ2) is 6.30. The normalized spacial score (nSPS) is 25.0. The summed E-state index contributed by atoms with van der Waals surface area (Å²) in [5.41, 5.74) is 2.43. The topological polar surface area (TPSA) is 20.2 Å². The molecule has 1 aliphatic rings. The average molecular weight is 299 g/mol. The Morgan fingerprint density at radius 3 is 2.68 bits per heavy atom. The minimum atomic E-state index is -0.316. The molecule has 0 saturated carbocycles. The fourth-order valence-corrected chi connectivity index (χ4v) is 3.28. The first-order valence-corrected chi connectivity index (χ1v) is 7.50. The average Bonchev–Trinajstić information content (AvgIpc) is 2.32. The van der Waals surface area contributed by atoms with Crippen molar-refractivity contribution in [1.82, 2.24) is 0 Å². The van der Waals surface area contributed by atoms with Crippen LogP contribution in [-0.4, -0.2) is 11.2 Å². The van der Waals surface area contributed by atoms with Crippen LogP contribution in [-0.2, 0) is 6.42 Å². The van der Waals surface area contributed by atoms with Gasteiger partial charge in [0.15, 0.2) is 0 Å². The fourth-order valence-electron chi connectivity index (χ4n) is 2.96. The SMILES string of the molecule is CC1=CC(C)CC(C(O)Cc2ccc(Cl)c(Cl)c2)C1. The van der Waals surface area contributed by atoms with E-state index < -0.39 is 0 Å². The van der Waals surface area contributed by atoms with E-state index in [0.29, 0.717) is 28.3 Å². The zero-order valence-electron chi connectivity index (χ0n) is 11.4. The zero-order chi connectivity index (χ0) is 14.0. The lowest BCUT2D eigenvalue weighted by Gasteiger charge is -2.29. The van der Waals surface area contributed by atoms with Crippen molar-refractivity contribution in [3.63, 3.8) is 0 Å². The molecule has 1 aromatic rings. The summed E-state index contributed by atoms with van der Waals surface area (Å²) in [4.78, 5) is 0. The fraction of sp³-hybridized carbons (Fsp3) is 0.500. The van der Waals surface area contributed by atoms with Crippen molar-refractivity contribution in [3.05, 3.63) is 45.5 Å². The van der Waals surface area contributed by atoms with Crippen molar-refractivity contribution in [1.29, 1.82) is 0 Å². The minimum Gasteiger partial charge on any atom is -0.392 e. The standard InChI is InChI=1S/C16H20Cl2O/c1-10-5-11(2)7-13(6-10)16(19)9-12-3-4-14(17)15(18)8-12/h3-5,8,10,13,16,19H,6-7,9H2,1-2H3. The molecule has 2 rings (SSSR count). The third kappa shape index (κ3) is 3.98. The third-order valence-electron chi connectivity index (χ3n) is 3.80. The summed E-state index contributed by atoms with van der Waals surface area (Å²) in [5.74, 6) is 0.900. The molecule has 0 aromatic heterocycles. The Labute approximate surface area is 125 Å². The lowest BCUT2D eigenvalue weighted by atomic mass is 9.79. The molecule has 104 valence electrons. The summed E-state index contributed by atoms with van der Waals surface area (Å²) in [7, 11) is 0. The smallest absolute Gasteiger partial charge is 0.0611 e. The molecule has 0 radical (unpaired) electrons. The van der Waals surface area contributed by atoms with E-state index in [-0.39, 0.29) is 6.10 Å². The highest BCUT2D eigenvalue weighted by Crippen LogP contribution is 2.32. The Bertz CT molecular complexity index is 482. The van der Waals surface area contributed by atoms with E-state index in [9.17, 15) is 5.11 Å². The van der Waals surface area contributed by atoms with Gasteiger partial charge >= 0.3 is 0 Å². The molecule has 1 N–H and O–H groups in total. The number of rotatable bonds is 3. The number of benzene rings is 1. The molecule has 0 saturated heterocycles. The molecule has 0 amide bonds. The number of aliphatic hydroxyl groups is 1. The first-order chi connectivity index (χ1) is 8.95. The van der Waals surface area contributed by atoms with Gasteiger partial charge in [0.2, 0.25) is 0 Å². The summed E-state index contributed by atoms with van der Waals surface area (Å²) in [6.07, 6.45) is 4.68. The van der Waals surface area contributed by atoms with E-state index in [1.807, 2.05) is 12.1 Å². The van der Waals surface area contributed by atoms with Gasteiger partial charge in [0.25, 0.3) is 0 Å². The summed E-state index contributed by atoms with van der Waals surface area (Å²) in [6, 6.07) is 5.58. The molecule has 0 heterocycles. The van der Waals surface area contributed by atoms with Crippen LogP contribution in [0.2, 0.25) is 10.0 Å². The van der Waals surface area contributed by atoms with Crippen LogP contribution in [0.15, 0.2) is 29.8 Å². The molecule has 1 aliphatic carbocycles. The summed E-state index contributed by atoms with van der Waals surface area (Å²) >= 11 is 11.9. The second-order valence-corrected chi connectivity index (χ2v) is 6.52. The Morgan fingerprint density at radius 2 is 2.05 bits per heavy atom. The molecule has 1 nitrogen and oxygen atoms in total. The van der Waals surface area contributed by atoms with Crippen molar-refractivity contribution in [2.24, 2.45) is 11.8 Å². The molecule has 0 spiro atoms. The number of hydrogen-bond acceptors (Lipinski definition) is 1. The van der Waals surface area contributed by atoms with E-state index in [0.717, 1.165) is 18.4 Å². The van der Waals surface area contributed by atoms with E-state index in [2.05, 4.69) is 19.9 Å². The van der Waals surface area contributed by atoms with Gasteiger partial charge in [-0.1, -0.05) is 47.8 Å². The maximum atomic E-state index is 10.4. The maximum absolute atomic E-state index is 10.4. The van der Waals surface area contributed by atoms with E-state index in [1.165, 1.54) is 5.57 Å². The highest BCUT2D eigenvalue weighted by atomic mass is 35.5. The van der Waals surface area contributed by atoms with Gasteiger partial charge in [-0.25, -0.2) is 0 Å². The highest BCUT2D eigenvalue weighted by Gasteiger charge is 2.25. The van der Waals surface area contributed by atoms with Crippen LogP contribution in [0.1, 0.15) is 32.3 Å². The van der Waals surface area contributed by atoms with Crippen molar-refractivity contribution in [2.45, 2.75) is 39.2 Å². The minimum absolute atomic E-state index is 0.316. The predicted octanol–water partition coefficient (Wildman–Crippen LogP) is 4.89. The van der Waals surface area contributed by atoms with Gasteiger partial charge in [0, 0.05) is 0 Å². The van der Waals surface area contributed by atoms with Crippen molar-refractivity contribution >= 4 is 23.2 Å². The Balaban J connectivity index is 2.02. The van der Waals surface area contributed by atoms with Gasteiger partial charge in [0.05, 0.1) is 16.1 Å². The molecule has 19 heavy (non-hydrogen) atoms. The summed E-state index contributed by atoms with van der Waals surface area (Å²) in [6.45, 7) is 4.36. The van der Waals surface area contributed by atoms with Gasteiger partial charge in [-0.05, 0) is 55.7 Å². The van der Waals surface area contributed by atoms with Crippen LogP contribution in [0, 0.1) is 11.8 Å². The van der Waals surface area contributed by atoms with Gasteiger partial charge < -0.3 is 5.11 Å². The van der Waals surface area contributed by atoms with E-state index in [4.69, 9.17) is 23.2 Å². The highest BCUT2D eigenvalue weighted by molar-refractivity contribution is 6.42. The van der Waals surface area contributed by atoms with Crippen LogP contribution in [0.3, 0.4) is 0 Å². The van der Waals surface area contributed by atoms with Crippen LogP contribution in [0.4, 0.5) is 0 Å². The largest absolute Gasteiger partial charge is 0.392 e. The molecular weight excluding hydrogens is 279 g/mol. The van der Waals surface area contributed by atoms with Crippen LogP contribution in [0.5, 0.6) is 0 Å². The first kappa shape index (κ1) is 14.9. The van der Waals surface area contributed by atoms with E-state index in [1.54, 1.807) is 6.07 Å². The number of aliphatic hydroxyl groups excluding tert-OH is 1. The monoisotopic (exact) mass is 298 g/mol. The molecule has 3 unspecified atom stereocenters. The van der Waals surface area contributed by atoms with Crippen molar-refractivity contribution in [2.75, 3.05) is 0 Å². The third-order valence-corrected chi connectivity index (χ3v) is 4.54. The van der Waals surface area contributed by atoms with Crippen LogP contribution < -0.4 is 0 Å². The van der Waals surface area contributed by atoms with Gasteiger partial charge in [0.1, 0.15) is 0 Å². The Kier molecular flexibility index (Phi) is 4.94. The molecule has 0 aliphatic heterocycles. The van der Waals surface area contributed by atoms with E-state index >= 15 is 0 Å². The molecule has 3 heteroatoms. The zero-order valence-corrected chi connectivity index (χ0v) is 12.9. The van der Waals surface area contributed by atoms with Gasteiger partial charge in [-0.3, -0.25) is 0 Å². The van der Waals surface area contributed by atoms with Crippen molar-refractivity contribution in [3.8, 4) is 0 Å². The van der Waals surface area contributed by atoms with Gasteiger partial charge in [-0.15, -0.1) is 0 Å². The lowest BCUT2D eigenvalue weighted by molar-refractivity contribution is 0.0932. The quantitative estimate of drug-likeness (QED) is 0.788. The van der Waals surface area contributed by atoms with Crippen molar-refractivity contribution < 1.29 is 5.11 Å². The maximum Gasteiger partial charge on any atom is 0.0611 e. The van der Waals surface area contributed by atoms with Crippen LogP contribution >= 0.6 is 23.2 Å². The Morgan fingerprint density at radius 1 is 1.32 bits per heavy atom. The molecule has 3 atom stereocenters. The summed E-state index contributed by atoms with van der Waals surface area (Å²) in [5, 5.41) is 11.5.